The van der Waals surface area contributed by atoms with Gasteiger partial charge >= 0.3 is 0 Å². The monoisotopic (exact) mass is 357 g/mol. The molecule has 3 aromatic carbocycles. The molecule has 6 rings (SSSR count). The summed E-state index contributed by atoms with van der Waals surface area (Å²) in [5, 5.41) is 4.57. The third kappa shape index (κ3) is 1.86. The number of rotatable bonds is 1. The molecule has 4 heteroatoms. The predicted octanol–water partition coefficient (Wildman–Crippen LogP) is 7.08. The number of furan rings is 1. The Morgan fingerprint density at radius 2 is 1.52 bits per heavy atom. The highest BCUT2D eigenvalue weighted by Gasteiger charge is 2.17. The highest BCUT2D eigenvalue weighted by atomic mass is 32.2. The number of hydrogen-bond donors (Lipinski definition) is 0. The largest absolute Gasteiger partial charge is 0.455 e. The average Bonchev–Trinajstić information content (AvgIpc) is 3.31. The van der Waals surface area contributed by atoms with E-state index in [0.717, 1.165) is 38.0 Å². The lowest BCUT2D eigenvalue weighted by Gasteiger charge is -1.97. The number of hydrogen-bond acceptors (Lipinski definition) is 4. The van der Waals surface area contributed by atoms with Crippen molar-refractivity contribution < 1.29 is 4.42 Å². The molecule has 0 bridgehead atoms. The molecule has 0 aliphatic carbocycles. The Morgan fingerprint density at radius 3 is 2.48 bits per heavy atom. The van der Waals surface area contributed by atoms with Gasteiger partial charge in [0.05, 0.1) is 5.56 Å². The summed E-state index contributed by atoms with van der Waals surface area (Å²) in [7, 11) is 0. The van der Waals surface area contributed by atoms with Gasteiger partial charge in [-0.3, -0.25) is 0 Å². The van der Waals surface area contributed by atoms with Gasteiger partial charge in [-0.25, -0.2) is 4.98 Å². The minimum atomic E-state index is 0.925. The first-order chi connectivity index (χ1) is 12.4. The maximum absolute atomic E-state index is 6.17. The second kappa shape index (κ2) is 4.91. The molecule has 3 aromatic heterocycles. The van der Waals surface area contributed by atoms with E-state index < -0.39 is 0 Å². The van der Waals surface area contributed by atoms with Gasteiger partial charge in [0, 0.05) is 20.9 Å². The number of nitrogens with zero attached hydrogens (tertiary/aromatic N) is 1. The molecule has 0 radical (unpaired) electrons. The van der Waals surface area contributed by atoms with Crippen LogP contribution in [-0.4, -0.2) is 4.98 Å². The minimum Gasteiger partial charge on any atom is -0.455 e. The Kier molecular flexibility index (Phi) is 2.67. The second-order valence-corrected chi connectivity index (χ2v) is 8.34. The van der Waals surface area contributed by atoms with Crippen molar-refractivity contribution in [3.63, 3.8) is 0 Å². The zero-order valence-corrected chi connectivity index (χ0v) is 14.7. The van der Waals surface area contributed by atoms with Crippen LogP contribution in [0.2, 0.25) is 0 Å². The smallest absolute Gasteiger partial charge is 0.145 e. The van der Waals surface area contributed by atoms with Crippen LogP contribution in [0.25, 0.3) is 52.1 Å². The number of fused-ring (bicyclic) bond motifs is 6. The molecule has 0 unspecified atom stereocenters. The molecule has 0 spiro atoms. The molecule has 0 amide bonds. The standard InChI is InChI=1S/C21H11NOS2/c1-3-10-16-12(6-1)13-8-5-9-15(19(13)23-16)20-22-18-14-7-2-4-11-17(14)24-21(18)25-20/h1-11H. The maximum atomic E-state index is 6.17. The van der Waals surface area contributed by atoms with Crippen molar-refractivity contribution in [3.8, 4) is 10.6 Å². The summed E-state index contributed by atoms with van der Waals surface area (Å²) in [6, 6.07) is 23.0. The van der Waals surface area contributed by atoms with Gasteiger partial charge in [-0.15, -0.1) is 22.7 Å². The van der Waals surface area contributed by atoms with Crippen molar-refractivity contribution in [2.24, 2.45) is 0 Å². The van der Waals surface area contributed by atoms with Crippen LogP contribution in [0, 0.1) is 0 Å². The Labute approximate surface area is 151 Å². The Hall–Kier alpha value is -2.69. The van der Waals surface area contributed by atoms with Gasteiger partial charge in [-0.1, -0.05) is 48.5 Å². The lowest BCUT2D eigenvalue weighted by Crippen LogP contribution is -1.77. The molecule has 3 heterocycles. The Morgan fingerprint density at radius 1 is 0.720 bits per heavy atom. The van der Waals surface area contributed by atoms with Gasteiger partial charge in [-0.2, -0.15) is 0 Å². The van der Waals surface area contributed by atoms with Gasteiger partial charge in [-0.05, 0) is 18.2 Å². The Bertz CT molecular complexity index is 1400. The highest BCUT2D eigenvalue weighted by Crippen LogP contribution is 2.43. The first-order valence-electron chi connectivity index (χ1n) is 8.07. The number of thiophene rings is 1. The molecule has 0 atom stereocenters. The van der Waals surface area contributed by atoms with Gasteiger partial charge in [0.15, 0.2) is 0 Å². The molecular formula is C21H11NOS2. The number of thiazole rings is 1. The van der Waals surface area contributed by atoms with Crippen molar-refractivity contribution in [1.29, 1.82) is 0 Å². The third-order valence-electron chi connectivity index (χ3n) is 4.58. The van der Waals surface area contributed by atoms with E-state index in [9.17, 15) is 0 Å². The van der Waals surface area contributed by atoms with Gasteiger partial charge in [0.1, 0.15) is 25.7 Å². The van der Waals surface area contributed by atoms with E-state index in [1.165, 1.54) is 14.1 Å². The van der Waals surface area contributed by atoms with Gasteiger partial charge < -0.3 is 4.42 Å². The van der Waals surface area contributed by atoms with Crippen LogP contribution in [0.5, 0.6) is 0 Å². The summed E-state index contributed by atoms with van der Waals surface area (Å²) in [6.45, 7) is 0. The normalized spacial score (nSPS) is 12.0. The maximum Gasteiger partial charge on any atom is 0.145 e. The molecular weight excluding hydrogens is 346 g/mol. The SMILES string of the molecule is c1ccc2c(c1)oc1c(-c3nc4c(s3)sc3ccccc34)cccc12. The predicted molar refractivity (Wildman–Crippen MR) is 108 cm³/mol. The van der Waals surface area contributed by atoms with E-state index in [0.29, 0.717) is 0 Å². The van der Waals surface area contributed by atoms with Crippen molar-refractivity contribution in [2.75, 3.05) is 0 Å². The average molecular weight is 357 g/mol. The molecule has 0 N–H and O–H groups in total. The number of aromatic nitrogens is 1. The quantitative estimate of drug-likeness (QED) is 0.314. The first-order valence-corrected chi connectivity index (χ1v) is 9.70. The van der Waals surface area contributed by atoms with E-state index in [1.807, 2.05) is 23.5 Å². The van der Waals surface area contributed by atoms with E-state index >= 15 is 0 Å². The van der Waals surface area contributed by atoms with Gasteiger partial charge in [0.25, 0.3) is 0 Å². The van der Waals surface area contributed by atoms with Crippen LogP contribution in [0.15, 0.2) is 71.1 Å². The molecule has 0 aliphatic rings. The zero-order chi connectivity index (χ0) is 16.4. The lowest BCUT2D eigenvalue weighted by atomic mass is 10.1. The highest BCUT2D eigenvalue weighted by molar-refractivity contribution is 7.42. The van der Waals surface area contributed by atoms with Crippen molar-refractivity contribution >= 4 is 64.2 Å². The molecule has 118 valence electrons. The van der Waals surface area contributed by atoms with Crippen LogP contribution >= 0.6 is 22.7 Å². The zero-order valence-electron chi connectivity index (χ0n) is 13.0. The van der Waals surface area contributed by atoms with Crippen LogP contribution < -0.4 is 0 Å². The van der Waals surface area contributed by atoms with Crippen LogP contribution in [0.1, 0.15) is 0 Å². The van der Waals surface area contributed by atoms with Crippen LogP contribution in [0.4, 0.5) is 0 Å². The number of benzene rings is 3. The fourth-order valence-corrected chi connectivity index (χ4v) is 5.81. The molecule has 25 heavy (non-hydrogen) atoms. The molecule has 0 fully saturated rings. The first kappa shape index (κ1) is 13.6. The second-order valence-electron chi connectivity index (χ2n) is 6.03. The Balaban J connectivity index is 1.67. The lowest BCUT2D eigenvalue weighted by molar-refractivity contribution is 0.670. The minimum absolute atomic E-state index is 0.925. The topological polar surface area (TPSA) is 26.0 Å². The molecule has 2 nitrogen and oxygen atoms in total. The fourth-order valence-electron chi connectivity index (χ4n) is 3.43. The molecule has 6 aromatic rings. The van der Waals surface area contributed by atoms with Crippen molar-refractivity contribution in [3.05, 3.63) is 66.7 Å². The van der Waals surface area contributed by atoms with E-state index in [4.69, 9.17) is 9.40 Å². The molecule has 0 saturated carbocycles. The summed E-state index contributed by atoms with van der Waals surface area (Å²) in [5.41, 5.74) is 4.03. The summed E-state index contributed by atoms with van der Waals surface area (Å²) >= 11 is 3.56. The summed E-state index contributed by atoms with van der Waals surface area (Å²) in [6.07, 6.45) is 0. The van der Waals surface area contributed by atoms with Crippen molar-refractivity contribution in [1.82, 2.24) is 4.98 Å². The van der Waals surface area contributed by atoms with Crippen LogP contribution in [-0.2, 0) is 0 Å². The number of para-hydroxylation sites is 2. The summed E-state index contributed by atoms with van der Waals surface area (Å²) in [4.78, 5) is 4.96. The summed E-state index contributed by atoms with van der Waals surface area (Å²) in [5.74, 6) is 0. The third-order valence-corrected chi connectivity index (χ3v) is 6.91. The van der Waals surface area contributed by atoms with Gasteiger partial charge in [0.2, 0.25) is 0 Å². The van der Waals surface area contributed by atoms with E-state index in [2.05, 4.69) is 54.6 Å². The summed E-state index contributed by atoms with van der Waals surface area (Å²) < 4.78 is 8.73. The molecule has 0 saturated heterocycles. The van der Waals surface area contributed by atoms with Crippen molar-refractivity contribution in [2.45, 2.75) is 0 Å². The fraction of sp³-hybridized carbons (Fsp3) is 0. The van der Waals surface area contributed by atoms with E-state index in [1.54, 1.807) is 11.3 Å². The molecule has 0 aliphatic heterocycles. The van der Waals surface area contributed by atoms with Crippen LogP contribution in [0.3, 0.4) is 0 Å². The van der Waals surface area contributed by atoms with E-state index in [-0.39, 0.29) is 0 Å².